The highest BCUT2D eigenvalue weighted by atomic mass is 35.5. The Kier molecular flexibility index (Phi) is 6.47. The van der Waals surface area contributed by atoms with Crippen molar-refractivity contribution in [1.82, 2.24) is 19.7 Å². The van der Waals surface area contributed by atoms with E-state index >= 15 is 0 Å². The maximum atomic E-state index is 13.5. The molecule has 0 aliphatic carbocycles. The number of hydrogen-bond donors (Lipinski definition) is 0. The van der Waals surface area contributed by atoms with Gasteiger partial charge in [-0.05, 0) is 55.2 Å². The highest BCUT2D eigenvalue weighted by Gasteiger charge is 2.32. The molecular formula is C30H28ClN5O2S. The minimum Gasteiger partial charge on any atom is -0.334 e. The SMILES string of the molecule is CC(=O)N1Cc2ccc(CC(=O)C[C@@H]3N=C(c4ccc(Cl)cc4)c4c(sc(C)c4C)-n4c(C)nnc43)cc2C1. The number of hydrogen-bond acceptors (Lipinski definition) is 6. The number of aryl methyl sites for hydroxylation is 2. The Morgan fingerprint density at radius 1 is 1.03 bits per heavy atom. The lowest BCUT2D eigenvalue weighted by Gasteiger charge is -2.13. The number of halogens is 1. The molecule has 0 N–H and O–H groups in total. The molecule has 1 amide bonds. The number of aromatic nitrogens is 3. The molecule has 0 radical (unpaired) electrons. The number of fused-ring (bicyclic) bond motifs is 4. The summed E-state index contributed by atoms with van der Waals surface area (Å²) < 4.78 is 2.07. The summed E-state index contributed by atoms with van der Waals surface area (Å²) in [7, 11) is 0. The summed E-state index contributed by atoms with van der Waals surface area (Å²) in [6.45, 7) is 8.97. The van der Waals surface area contributed by atoms with E-state index in [2.05, 4.69) is 34.7 Å². The molecule has 0 saturated heterocycles. The fourth-order valence-corrected chi connectivity index (χ4v) is 6.77. The molecule has 0 unspecified atom stereocenters. The molecule has 0 saturated carbocycles. The molecule has 1 atom stereocenters. The third kappa shape index (κ3) is 4.61. The summed E-state index contributed by atoms with van der Waals surface area (Å²) in [6.07, 6.45) is 0.502. The Morgan fingerprint density at radius 3 is 2.51 bits per heavy atom. The first-order chi connectivity index (χ1) is 18.7. The second-order valence-electron chi connectivity index (χ2n) is 10.3. The third-order valence-electron chi connectivity index (χ3n) is 7.62. The summed E-state index contributed by atoms with van der Waals surface area (Å²) in [6, 6.07) is 13.3. The average Bonchev–Trinajstić information content (AvgIpc) is 3.55. The van der Waals surface area contributed by atoms with Crippen molar-refractivity contribution in [3.05, 3.63) is 97.4 Å². The van der Waals surface area contributed by atoms with Gasteiger partial charge >= 0.3 is 0 Å². The van der Waals surface area contributed by atoms with Gasteiger partial charge in [-0.15, -0.1) is 21.5 Å². The van der Waals surface area contributed by atoms with Gasteiger partial charge in [0.1, 0.15) is 22.7 Å². The Hall–Kier alpha value is -3.62. The molecule has 2 aromatic carbocycles. The second-order valence-corrected chi connectivity index (χ2v) is 11.9. The maximum absolute atomic E-state index is 13.5. The van der Waals surface area contributed by atoms with E-state index in [1.807, 2.05) is 48.2 Å². The fourth-order valence-electron chi connectivity index (χ4n) is 5.43. The number of Topliss-reactive ketones (excluding diaryl/α,β-unsaturated/α-hetero) is 1. The van der Waals surface area contributed by atoms with Crippen LogP contribution in [0.5, 0.6) is 0 Å². The number of carbonyl (C=O) groups is 2. The van der Waals surface area contributed by atoms with Crippen molar-refractivity contribution in [1.29, 1.82) is 0 Å². The second kappa shape index (κ2) is 9.84. The monoisotopic (exact) mass is 557 g/mol. The first-order valence-electron chi connectivity index (χ1n) is 12.9. The Balaban J connectivity index is 1.36. The van der Waals surface area contributed by atoms with Crippen LogP contribution in [0.4, 0.5) is 0 Å². The van der Waals surface area contributed by atoms with Crippen LogP contribution in [-0.2, 0) is 29.1 Å². The van der Waals surface area contributed by atoms with Crippen LogP contribution in [0.25, 0.3) is 5.00 Å². The van der Waals surface area contributed by atoms with Crippen molar-refractivity contribution in [3.8, 4) is 5.00 Å². The van der Waals surface area contributed by atoms with Gasteiger partial charge in [0.2, 0.25) is 5.91 Å². The molecule has 39 heavy (non-hydrogen) atoms. The number of benzene rings is 2. The lowest BCUT2D eigenvalue weighted by molar-refractivity contribution is -0.129. The number of carbonyl (C=O) groups excluding carboxylic acids is 2. The first kappa shape index (κ1) is 25.6. The van der Waals surface area contributed by atoms with E-state index in [9.17, 15) is 9.59 Å². The van der Waals surface area contributed by atoms with Gasteiger partial charge in [0.25, 0.3) is 0 Å². The zero-order valence-corrected chi connectivity index (χ0v) is 23.9. The zero-order chi connectivity index (χ0) is 27.4. The van der Waals surface area contributed by atoms with E-state index in [0.29, 0.717) is 30.4 Å². The normalized spacial score (nSPS) is 15.9. The highest BCUT2D eigenvalue weighted by Crippen LogP contribution is 2.39. The molecule has 198 valence electrons. The van der Waals surface area contributed by atoms with Crippen LogP contribution in [0, 0.1) is 20.8 Å². The van der Waals surface area contributed by atoms with Gasteiger partial charge in [-0.25, -0.2) is 0 Å². The van der Waals surface area contributed by atoms with Gasteiger partial charge in [0.05, 0.1) is 5.71 Å². The topological polar surface area (TPSA) is 80.5 Å². The molecule has 2 aromatic heterocycles. The molecule has 7 nitrogen and oxygen atoms in total. The fraction of sp³-hybridized carbons (Fsp3) is 0.300. The van der Waals surface area contributed by atoms with Crippen LogP contribution in [0.2, 0.25) is 5.02 Å². The molecule has 6 rings (SSSR count). The molecule has 0 bridgehead atoms. The van der Waals surface area contributed by atoms with Gasteiger partial charge in [0.15, 0.2) is 5.82 Å². The minimum atomic E-state index is -0.480. The summed E-state index contributed by atoms with van der Waals surface area (Å²) in [5.41, 5.74) is 7.20. The lowest BCUT2D eigenvalue weighted by Crippen LogP contribution is -2.21. The number of ketones is 1. The van der Waals surface area contributed by atoms with Gasteiger partial charge in [-0.1, -0.05) is 41.9 Å². The van der Waals surface area contributed by atoms with Crippen LogP contribution >= 0.6 is 22.9 Å². The van der Waals surface area contributed by atoms with E-state index in [4.69, 9.17) is 16.6 Å². The van der Waals surface area contributed by atoms with Crippen molar-refractivity contribution in [2.24, 2.45) is 4.99 Å². The molecule has 4 heterocycles. The summed E-state index contributed by atoms with van der Waals surface area (Å²) in [5.74, 6) is 1.58. The molecular weight excluding hydrogens is 530 g/mol. The molecule has 4 aromatic rings. The number of amides is 1. The van der Waals surface area contributed by atoms with Crippen LogP contribution in [0.15, 0.2) is 47.5 Å². The average molecular weight is 558 g/mol. The molecule has 9 heteroatoms. The Labute approximate surface area is 236 Å². The number of nitrogens with zero attached hydrogens (tertiary/aromatic N) is 5. The molecule has 0 spiro atoms. The summed E-state index contributed by atoms with van der Waals surface area (Å²) in [5, 5.41) is 10.6. The van der Waals surface area contributed by atoms with Crippen molar-refractivity contribution in [2.45, 2.75) is 59.7 Å². The van der Waals surface area contributed by atoms with Crippen LogP contribution in [-0.4, -0.2) is 37.1 Å². The van der Waals surface area contributed by atoms with Gasteiger partial charge in [-0.2, -0.15) is 0 Å². The van der Waals surface area contributed by atoms with Gasteiger partial charge in [0, 0.05) is 53.9 Å². The van der Waals surface area contributed by atoms with Gasteiger partial charge in [-0.3, -0.25) is 19.1 Å². The quantitative estimate of drug-likeness (QED) is 0.308. The smallest absolute Gasteiger partial charge is 0.220 e. The maximum Gasteiger partial charge on any atom is 0.220 e. The standard InChI is InChI=1S/C30H28ClN5O2S/c1-16-17(2)39-30-27(16)28(21-7-9-24(31)10-8-21)32-26(29-34-33-18(3)36(29)30)13-25(38)12-20-5-6-22-14-35(19(4)37)15-23(22)11-20/h5-11,26H,12-15H2,1-4H3/t26-/m0/s1. The molecule has 2 aliphatic heterocycles. The van der Waals surface area contributed by atoms with Gasteiger partial charge < -0.3 is 4.90 Å². The lowest BCUT2D eigenvalue weighted by atomic mass is 9.98. The summed E-state index contributed by atoms with van der Waals surface area (Å²) in [4.78, 5) is 33.5. The van der Waals surface area contributed by atoms with E-state index in [1.165, 1.54) is 4.88 Å². The van der Waals surface area contributed by atoms with Crippen LogP contribution in [0.1, 0.15) is 69.3 Å². The number of thiophene rings is 1. The van der Waals surface area contributed by atoms with Crippen LogP contribution in [0.3, 0.4) is 0 Å². The minimum absolute atomic E-state index is 0.0601. The van der Waals surface area contributed by atoms with E-state index in [0.717, 1.165) is 49.9 Å². The van der Waals surface area contributed by atoms with E-state index in [-0.39, 0.29) is 18.1 Å². The van der Waals surface area contributed by atoms with Crippen molar-refractivity contribution < 1.29 is 9.59 Å². The first-order valence-corrected chi connectivity index (χ1v) is 14.1. The Morgan fingerprint density at radius 2 is 1.77 bits per heavy atom. The number of aliphatic imine (C=N–C) groups is 1. The van der Waals surface area contributed by atoms with Crippen molar-refractivity contribution in [2.75, 3.05) is 0 Å². The van der Waals surface area contributed by atoms with E-state index < -0.39 is 6.04 Å². The van der Waals surface area contributed by atoms with Crippen LogP contribution < -0.4 is 0 Å². The predicted molar refractivity (Wildman–Crippen MR) is 153 cm³/mol. The highest BCUT2D eigenvalue weighted by molar-refractivity contribution is 7.15. The Bertz CT molecular complexity index is 1670. The van der Waals surface area contributed by atoms with E-state index in [1.54, 1.807) is 18.3 Å². The van der Waals surface area contributed by atoms with Crippen molar-refractivity contribution in [3.63, 3.8) is 0 Å². The number of rotatable bonds is 5. The molecule has 0 fully saturated rings. The summed E-state index contributed by atoms with van der Waals surface area (Å²) >= 11 is 7.90. The largest absolute Gasteiger partial charge is 0.334 e. The third-order valence-corrected chi connectivity index (χ3v) is 9.06. The zero-order valence-electron chi connectivity index (χ0n) is 22.3. The predicted octanol–water partition coefficient (Wildman–Crippen LogP) is 5.86. The van der Waals surface area contributed by atoms with Crippen molar-refractivity contribution >= 4 is 40.3 Å². The molecule has 2 aliphatic rings.